The Morgan fingerprint density at radius 3 is 3.07 bits per heavy atom. The van der Waals surface area contributed by atoms with Crippen molar-refractivity contribution in [3.63, 3.8) is 0 Å². The molecule has 0 bridgehead atoms. The number of aliphatic hydroxyl groups excluding tert-OH is 1. The van der Waals surface area contributed by atoms with Crippen molar-refractivity contribution in [1.82, 2.24) is 10.2 Å². The van der Waals surface area contributed by atoms with Gasteiger partial charge in [0.25, 0.3) is 0 Å². The van der Waals surface area contributed by atoms with E-state index < -0.39 is 0 Å². The topological polar surface area (TPSA) is 49.2 Å². The zero-order valence-electron chi connectivity index (χ0n) is 8.40. The third kappa shape index (κ3) is 2.68. The van der Waals surface area contributed by atoms with E-state index >= 15 is 0 Å². The van der Waals surface area contributed by atoms with Gasteiger partial charge in [0.1, 0.15) is 0 Å². The van der Waals surface area contributed by atoms with Gasteiger partial charge in [-0.25, -0.2) is 0 Å². The summed E-state index contributed by atoms with van der Waals surface area (Å²) >= 11 is 4.91. The summed E-state index contributed by atoms with van der Waals surface area (Å²) in [5.41, 5.74) is 0. The summed E-state index contributed by atoms with van der Waals surface area (Å²) in [7, 11) is 0. The van der Waals surface area contributed by atoms with Crippen LogP contribution in [0.5, 0.6) is 0 Å². The van der Waals surface area contributed by atoms with E-state index in [1.165, 1.54) is 12.8 Å². The molecule has 6 heteroatoms. The summed E-state index contributed by atoms with van der Waals surface area (Å²) in [6, 6.07) is 0.539. The molecule has 0 saturated carbocycles. The van der Waals surface area contributed by atoms with Gasteiger partial charge in [-0.3, -0.25) is 0 Å². The maximum atomic E-state index is 8.84. The van der Waals surface area contributed by atoms with E-state index in [1.807, 2.05) is 0 Å². The average Bonchev–Trinajstić information content (AvgIpc) is 2.82. The first-order valence-corrected chi connectivity index (χ1v) is 6.78. The molecule has 1 aliphatic rings. The number of halogens is 1. The summed E-state index contributed by atoms with van der Waals surface area (Å²) in [5.74, 6) is 0. The van der Waals surface area contributed by atoms with Crippen LogP contribution in [0, 0.1) is 0 Å². The van der Waals surface area contributed by atoms with Crippen LogP contribution in [0.3, 0.4) is 0 Å². The van der Waals surface area contributed by atoms with Gasteiger partial charge in [0.2, 0.25) is 5.13 Å². The van der Waals surface area contributed by atoms with Crippen molar-refractivity contribution in [2.45, 2.75) is 31.7 Å². The molecule has 0 spiro atoms. The van der Waals surface area contributed by atoms with Crippen LogP contribution in [-0.2, 0) is 0 Å². The molecular formula is C9H14BrN3OS. The second kappa shape index (κ2) is 5.23. The standard InChI is InChI=1S/C9H14BrN3OS/c10-8-11-12-9(15-8)13-5-1-3-7(13)4-2-6-14/h7,14H,1-6H2. The Morgan fingerprint density at radius 2 is 2.40 bits per heavy atom. The van der Waals surface area contributed by atoms with E-state index in [0.29, 0.717) is 6.04 Å². The van der Waals surface area contributed by atoms with E-state index in [1.54, 1.807) is 11.3 Å². The predicted octanol–water partition coefficient (Wildman–Crippen LogP) is 2.04. The fourth-order valence-electron chi connectivity index (χ4n) is 2.03. The molecule has 1 atom stereocenters. The molecule has 15 heavy (non-hydrogen) atoms. The maximum absolute atomic E-state index is 8.84. The molecule has 2 heterocycles. The highest BCUT2D eigenvalue weighted by Gasteiger charge is 2.26. The number of nitrogens with zero attached hydrogens (tertiary/aromatic N) is 3. The van der Waals surface area contributed by atoms with Crippen LogP contribution in [-0.4, -0.2) is 34.5 Å². The molecule has 84 valence electrons. The fraction of sp³-hybridized carbons (Fsp3) is 0.778. The summed E-state index contributed by atoms with van der Waals surface area (Å²) < 4.78 is 0.838. The van der Waals surface area contributed by atoms with E-state index in [-0.39, 0.29) is 6.61 Å². The summed E-state index contributed by atoms with van der Waals surface area (Å²) in [6.45, 7) is 1.35. The molecular weight excluding hydrogens is 278 g/mol. The van der Waals surface area contributed by atoms with Crippen molar-refractivity contribution in [2.24, 2.45) is 0 Å². The number of aliphatic hydroxyl groups is 1. The first kappa shape index (κ1) is 11.3. The van der Waals surface area contributed by atoms with Gasteiger partial charge in [-0.15, -0.1) is 10.2 Å². The maximum Gasteiger partial charge on any atom is 0.209 e. The van der Waals surface area contributed by atoms with Gasteiger partial charge in [0.05, 0.1) is 0 Å². The third-order valence-electron chi connectivity index (χ3n) is 2.71. The number of hydrogen-bond donors (Lipinski definition) is 1. The van der Waals surface area contributed by atoms with Crippen LogP contribution < -0.4 is 4.90 Å². The van der Waals surface area contributed by atoms with E-state index in [4.69, 9.17) is 5.11 Å². The molecule has 1 unspecified atom stereocenters. The fourth-order valence-corrected chi connectivity index (χ4v) is 3.21. The summed E-state index contributed by atoms with van der Waals surface area (Å²) in [5, 5.41) is 17.9. The minimum atomic E-state index is 0.282. The molecule has 1 fully saturated rings. The highest BCUT2D eigenvalue weighted by Crippen LogP contribution is 2.31. The molecule has 1 aliphatic heterocycles. The summed E-state index contributed by atoms with van der Waals surface area (Å²) in [6.07, 6.45) is 4.35. The normalized spacial score (nSPS) is 21.2. The molecule has 2 rings (SSSR count). The van der Waals surface area contributed by atoms with Gasteiger partial charge in [-0.1, -0.05) is 11.3 Å². The van der Waals surface area contributed by atoms with Gasteiger partial charge in [0, 0.05) is 19.2 Å². The van der Waals surface area contributed by atoms with Crippen LogP contribution >= 0.6 is 27.3 Å². The first-order valence-electron chi connectivity index (χ1n) is 5.18. The number of rotatable bonds is 4. The van der Waals surface area contributed by atoms with Gasteiger partial charge < -0.3 is 10.0 Å². The Labute approximate surface area is 101 Å². The molecule has 0 amide bonds. The van der Waals surface area contributed by atoms with Gasteiger partial charge in [0.15, 0.2) is 3.92 Å². The number of aromatic nitrogens is 2. The molecule has 1 saturated heterocycles. The lowest BCUT2D eigenvalue weighted by Crippen LogP contribution is -2.29. The molecule has 0 aromatic carbocycles. The van der Waals surface area contributed by atoms with Crippen molar-refractivity contribution in [1.29, 1.82) is 0 Å². The van der Waals surface area contributed by atoms with Gasteiger partial charge in [-0.2, -0.15) is 0 Å². The second-order valence-corrected chi connectivity index (χ2v) is 5.92. The highest BCUT2D eigenvalue weighted by molar-refractivity contribution is 9.11. The first-order chi connectivity index (χ1) is 7.31. The van der Waals surface area contributed by atoms with Gasteiger partial charge in [-0.05, 0) is 41.6 Å². The van der Waals surface area contributed by atoms with E-state index in [9.17, 15) is 0 Å². The molecule has 1 aromatic heterocycles. The van der Waals surface area contributed by atoms with Crippen molar-refractivity contribution in [3.05, 3.63) is 3.92 Å². The second-order valence-electron chi connectivity index (χ2n) is 3.69. The molecule has 0 aliphatic carbocycles. The lowest BCUT2D eigenvalue weighted by atomic mass is 10.1. The lowest BCUT2D eigenvalue weighted by Gasteiger charge is -2.22. The van der Waals surface area contributed by atoms with Crippen molar-refractivity contribution in [3.8, 4) is 0 Å². The molecule has 1 aromatic rings. The zero-order valence-corrected chi connectivity index (χ0v) is 10.8. The Balaban J connectivity index is 2.01. The Kier molecular flexibility index (Phi) is 3.93. The lowest BCUT2D eigenvalue weighted by molar-refractivity contribution is 0.279. The monoisotopic (exact) mass is 291 g/mol. The minimum Gasteiger partial charge on any atom is -0.396 e. The number of hydrogen-bond acceptors (Lipinski definition) is 5. The quantitative estimate of drug-likeness (QED) is 0.922. The van der Waals surface area contributed by atoms with Crippen LogP contribution in [0.2, 0.25) is 0 Å². The largest absolute Gasteiger partial charge is 0.396 e. The number of anilines is 1. The Morgan fingerprint density at radius 1 is 1.53 bits per heavy atom. The smallest absolute Gasteiger partial charge is 0.209 e. The molecule has 1 N–H and O–H groups in total. The van der Waals surface area contributed by atoms with Crippen molar-refractivity contribution >= 4 is 32.4 Å². The SMILES string of the molecule is OCCCC1CCCN1c1nnc(Br)s1. The Bertz CT molecular complexity index is 320. The van der Waals surface area contributed by atoms with E-state index in [0.717, 1.165) is 28.4 Å². The van der Waals surface area contributed by atoms with E-state index in [2.05, 4.69) is 31.0 Å². The zero-order chi connectivity index (χ0) is 10.7. The molecule has 0 radical (unpaired) electrons. The van der Waals surface area contributed by atoms with Crippen molar-refractivity contribution < 1.29 is 5.11 Å². The summed E-state index contributed by atoms with van der Waals surface area (Å²) in [4.78, 5) is 2.32. The Hall–Kier alpha value is -0.200. The van der Waals surface area contributed by atoms with Crippen LogP contribution in [0.1, 0.15) is 25.7 Å². The van der Waals surface area contributed by atoms with Gasteiger partial charge >= 0.3 is 0 Å². The third-order valence-corrected chi connectivity index (χ3v) is 4.10. The van der Waals surface area contributed by atoms with Crippen LogP contribution in [0.4, 0.5) is 5.13 Å². The van der Waals surface area contributed by atoms with Crippen molar-refractivity contribution in [2.75, 3.05) is 18.1 Å². The molecule has 4 nitrogen and oxygen atoms in total. The highest BCUT2D eigenvalue weighted by atomic mass is 79.9. The predicted molar refractivity (Wildman–Crippen MR) is 64.3 cm³/mol. The average molecular weight is 292 g/mol. The van der Waals surface area contributed by atoms with Crippen LogP contribution in [0.15, 0.2) is 3.92 Å². The minimum absolute atomic E-state index is 0.282. The van der Waals surface area contributed by atoms with Crippen LogP contribution in [0.25, 0.3) is 0 Å².